The molecule has 0 saturated heterocycles. The van der Waals surface area contributed by atoms with Gasteiger partial charge in [-0.1, -0.05) is 12.1 Å². The van der Waals surface area contributed by atoms with Crippen LogP contribution in [-0.2, 0) is 0 Å². The van der Waals surface area contributed by atoms with Gasteiger partial charge in [0, 0.05) is 18.3 Å². The zero-order chi connectivity index (χ0) is 9.68. The van der Waals surface area contributed by atoms with E-state index in [-0.39, 0.29) is 6.03 Å². The Balaban J connectivity index is 2.77. The Hall–Kier alpha value is -1.84. The van der Waals surface area contributed by atoms with E-state index in [1.165, 1.54) is 7.05 Å². The molecule has 4 nitrogen and oxygen atoms in total. The second-order valence-corrected chi connectivity index (χ2v) is 2.45. The number of aldehydes is 1. The highest BCUT2D eigenvalue weighted by molar-refractivity contribution is 5.90. The molecule has 0 aliphatic rings. The van der Waals surface area contributed by atoms with Crippen molar-refractivity contribution >= 4 is 18.0 Å². The Labute approximate surface area is 75.9 Å². The first-order valence-electron chi connectivity index (χ1n) is 3.80. The average molecular weight is 178 g/mol. The van der Waals surface area contributed by atoms with E-state index in [9.17, 15) is 9.59 Å². The Morgan fingerprint density at radius 2 is 2.23 bits per heavy atom. The standard InChI is InChI=1S/C9H10N2O2/c1-10-9(13)11-8-4-2-3-7(5-8)6-12/h2-6H,1H3,(H2,10,11,13). The van der Waals surface area contributed by atoms with Crippen LogP contribution in [0.1, 0.15) is 10.4 Å². The maximum Gasteiger partial charge on any atom is 0.318 e. The Bertz CT molecular complexity index is 323. The second kappa shape index (κ2) is 4.25. The summed E-state index contributed by atoms with van der Waals surface area (Å²) in [6.07, 6.45) is 0.731. The van der Waals surface area contributed by atoms with Crippen molar-refractivity contribution < 1.29 is 9.59 Å². The van der Waals surface area contributed by atoms with Crippen LogP contribution in [0, 0.1) is 0 Å². The lowest BCUT2D eigenvalue weighted by Crippen LogP contribution is -2.24. The molecule has 2 N–H and O–H groups in total. The van der Waals surface area contributed by atoms with Gasteiger partial charge in [-0.25, -0.2) is 4.79 Å². The number of nitrogens with one attached hydrogen (secondary N) is 2. The van der Waals surface area contributed by atoms with Crippen LogP contribution < -0.4 is 10.6 Å². The SMILES string of the molecule is CNC(=O)Nc1cccc(C=O)c1. The molecule has 1 aromatic carbocycles. The summed E-state index contributed by atoms with van der Waals surface area (Å²) in [5, 5.41) is 4.97. The lowest BCUT2D eigenvalue weighted by molar-refractivity contribution is 0.112. The molecule has 68 valence electrons. The van der Waals surface area contributed by atoms with Crippen molar-refractivity contribution in [2.45, 2.75) is 0 Å². The van der Waals surface area contributed by atoms with E-state index >= 15 is 0 Å². The summed E-state index contributed by atoms with van der Waals surface area (Å²) in [5.74, 6) is 0. The lowest BCUT2D eigenvalue weighted by Gasteiger charge is -2.03. The molecule has 0 heterocycles. The number of carbonyl (C=O) groups is 2. The molecule has 0 unspecified atom stereocenters. The quantitative estimate of drug-likeness (QED) is 0.669. The van der Waals surface area contributed by atoms with Crippen LogP contribution in [0.2, 0.25) is 0 Å². The van der Waals surface area contributed by atoms with Gasteiger partial charge in [0.05, 0.1) is 0 Å². The fourth-order valence-corrected chi connectivity index (χ4v) is 0.883. The van der Waals surface area contributed by atoms with Crippen LogP contribution in [0.3, 0.4) is 0 Å². The van der Waals surface area contributed by atoms with Gasteiger partial charge in [0.1, 0.15) is 6.29 Å². The predicted molar refractivity (Wildman–Crippen MR) is 49.9 cm³/mol. The molecular formula is C9H10N2O2. The third kappa shape index (κ3) is 2.59. The number of urea groups is 1. The summed E-state index contributed by atoms with van der Waals surface area (Å²) in [6, 6.07) is 6.38. The molecule has 0 spiro atoms. The molecule has 0 aliphatic heterocycles. The van der Waals surface area contributed by atoms with Crippen molar-refractivity contribution in [1.29, 1.82) is 0 Å². The Kier molecular flexibility index (Phi) is 3.03. The topological polar surface area (TPSA) is 58.2 Å². The fraction of sp³-hybridized carbons (Fsp3) is 0.111. The van der Waals surface area contributed by atoms with Gasteiger partial charge in [-0.2, -0.15) is 0 Å². The highest BCUT2D eigenvalue weighted by atomic mass is 16.2. The molecule has 0 radical (unpaired) electrons. The number of anilines is 1. The summed E-state index contributed by atoms with van der Waals surface area (Å²) in [4.78, 5) is 21.3. The third-order valence-corrected chi connectivity index (χ3v) is 1.51. The number of carbonyl (C=O) groups excluding carboxylic acids is 2. The Morgan fingerprint density at radius 1 is 1.46 bits per heavy atom. The number of hydrogen-bond donors (Lipinski definition) is 2. The monoisotopic (exact) mass is 178 g/mol. The molecule has 2 amide bonds. The molecule has 0 bridgehead atoms. The average Bonchev–Trinajstić information content (AvgIpc) is 2.18. The van der Waals surface area contributed by atoms with E-state index < -0.39 is 0 Å². The first-order chi connectivity index (χ1) is 6.26. The highest BCUT2D eigenvalue weighted by Crippen LogP contribution is 2.08. The van der Waals surface area contributed by atoms with Crippen molar-refractivity contribution in [1.82, 2.24) is 5.32 Å². The van der Waals surface area contributed by atoms with Crippen LogP contribution >= 0.6 is 0 Å². The molecule has 0 saturated carbocycles. The summed E-state index contributed by atoms with van der Waals surface area (Å²) in [5.41, 5.74) is 1.14. The minimum atomic E-state index is -0.303. The zero-order valence-electron chi connectivity index (χ0n) is 7.20. The van der Waals surface area contributed by atoms with Gasteiger partial charge in [-0.15, -0.1) is 0 Å². The van der Waals surface area contributed by atoms with Gasteiger partial charge in [-0.05, 0) is 12.1 Å². The molecule has 13 heavy (non-hydrogen) atoms. The van der Waals surface area contributed by atoms with Gasteiger partial charge in [0.25, 0.3) is 0 Å². The van der Waals surface area contributed by atoms with Crippen LogP contribution in [0.25, 0.3) is 0 Å². The van der Waals surface area contributed by atoms with Crippen molar-refractivity contribution in [3.63, 3.8) is 0 Å². The number of rotatable bonds is 2. The van der Waals surface area contributed by atoms with Crippen LogP contribution in [0.5, 0.6) is 0 Å². The van der Waals surface area contributed by atoms with Crippen molar-refractivity contribution in [3.8, 4) is 0 Å². The molecule has 0 fully saturated rings. The first kappa shape index (κ1) is 9.25. The van der Waals surface area contributed by atoms with Gasteiger partial charge in [-0.3, -0.25) is 4.79 Å². The summed E-state index contributed by atoms with van der Waals surface area (Å²) in [7, 11) is 1.53. The van der Waals surface area contributed by atoms with Crippen molar-refractivity contribution in [2.24, 2.45) is 0 Å². The maximum atomic E-state index is 10.9. The number of hydrogen-bond acceptors (Lipinski definition) is 2. The van der Waals surface area contributed by atoms with E-state index in [0.717, 1.165) is 6.29 Å². The smallest absolute Gasteiger partial charge is 0.318 e. The highest BCUT2D eigenvalue weighted by Gasteiger charge is 1.98. The molecule has 4 heteroatoms. The van der Waals surface area contributed by atoms with Crippen LogP contribution in [0.15, 0.2) is 24.3 Å². The largest absolute Gasteiger partial charge is 0.341 e. The van der Waals surface area contributed by atoms with E-state index in [0.29, 0.717) is 11.3 Å². The normalized spacial score (nSPS) is 9.00. The summed E-state index contributed by atoms with van der Waals surface area (Å²) < 4.78 is 0. The third-order valence-electron chi connectivity index (χ3n) is 1.51. The lowest BCUT2D eigenvalue weighted by atomic mass is 10.2. The fourth-order valence-electron chi connectivity index (χ4n) is 0.883. The van der Waals surface area contributed by atoms with Gasteiger partial charge in [0.15, 0.2) is 0 Å². The minimum absolute atomic E-state index is 0.303. The van der Waals surface area contributed by atoms with Crippen molar-refractivity contribution in [3.05, 3.63) is 29.8 Å². The van der Waals surface area contributed by atoms with Gasteiger partial charge < -0.3 is 10.6 Å². The van der Waals surface area contributed by atoms with E-state index in [1.54, 1.807) is 24.3 Å². The maximum absolute atomic E-state index is 10.9. The molecule has 0 atom stereocenters. The second-order valence-electron chi connectivity index (χ2n) is 2.45. The first-order valence-corrected chi connectivity index (χ1v) is 3.80. The molecule has 0 aromatic heterocycles. The van der Waals surface area contributed by atoms with Crippen LogP contribution in [0.4, 0.5) is 10.5 Å². The molecule has 1 rings (SSSR count). The van der Waals surface area contributed by atoms with Gasteiger partial charge in [0.2, 0.25) is 0 Å². The Morgan fingerprint density at radius 3 is 2.85 bits per heavy atom. The van der Waals surface area contributed by atoms with Crippen LogP contribution in [-0.4, -0.2) is 19.4 Å². The minimum Gasteiger partial charge on any atom is -0.341 e. The summed E-state index contributed by atoms with van der Waals surface area (Å²) >= 11 is 0. The van der Waals surface area contributed by atoms with Gasteiger partial charge >= 0.3 is 6.03 Å². The molecule has 1 aromatic rings. The van der Waals surface area contributed by atoms with E-state index in [1.807, 2.05) is 0 Å². The summed E-state index contributed by atoms with van der Waals surface area (Å²) in [6.45, 7) is 0. The number of amides is 2. The number of benzene rings is 1. The van der Waals surface area contributed by atoms with Crippen molar-refractivity contribution in [2.75, 3.05) is 12.4 Å². The van der Waals surface area contributed by atoms with E-state index in [2.05, 4.69) is 10.6 Å². The van der Waals surface area contributed by atoms with E-state index in [4.69, 9.17) is 0 Å². The molecule has 0 aliphatic carbocycles. The molecular weight excluding hydrogens is 168 g/mol. The predicted octanol–water partition coefficient (Wildman–Crippen LogP) is 1.25. The zero-order valence-corrected chi connectivity index (χ0v) is 7.20.